The number of nitrogens with two attached hydrogens (primary N) is 1. The monoisotopic (exact) mass is 531 g/mol. The molecule has 38 heavy (non-hydrogen) atoms. The second kappa shape index (κ2) is 12.9. The molecule has 1 aliphatic rings. The van der Waals surface area contributed by atoms with Gasteiger partial charge in [-0.25, -0.2) is 4.98 Å². The SMILES string of the molecule is NC(=O)c1nsc([C@@H]2O[C@H](COCc3ccccc3)[C@@H](OCc3ccccc3)[C@H]2OCc2ccccc2)n1. The molecule has 1 aliphatic heterocycles. The fourth-order valence-corrected chi connectivity index (χ4v) is 5.03. The Morgan fingerprint density at radius 1 is 0.789 bits per heavy atom. The van der Waals surface area contributed by atoms with Crippen LogP contribution < -0.4 is 5.73 Å². The second-order valence-electron chi connectivity index (χ2n) is 8.94. The van der Waals surface area contributed by atoms with E-state index >= 15 is 0 Å². The summed E-state index contributed by atoms with van der Waals surface area (Å²) in [7, 11) is 0. The highest BCUT2D eigenvalue weighted by Crippen LogP contribution is 2.39. The van der Waals surface area contributed by atoms with Crippen LogP contribution in [0.2, 0.25) is 0 Å². The first-order valence-corrected chi connectivity index (χ1v) is 13.2. The lowest BCUT2D eigenvalue weighted by atomic mass is 10.1. The molecule has 2 N–H and O–H groups in total. The maximum Gasteiger partial charge on any atom is 0.287 e. The quantitative estimate of drug-likeness (QED) is 0.288. The number of ether oxygens (including phenoxy) is 4. The number of hydrogen-bond donors (Lipinski definition) is 1. The second-order valence-corrected chi connectivity index (χ2v) is 9.72. The van der Waals surface area contributed by atoms with Gasteiger partial charge < -0.3 is 24.7 Å². The van der Waals surface area contributed by atoms with E-state index in [4.69, 9.17) is 24.7 Å². The Balaban J connectivity index is 1.38. The number of hydrogen-bond acceptors (Lipinski definition) is 8. The van der Waals surface area contributed by atoms with Crippen molar-refractivity contribution in [3.05, 3.63) is 119 Å². The largest absolute Gasteiger partial charge is 0.374 e. The molecular formula is C29H29N3O5S. The van der Waals surface area contributed by atoms with Crippen LogP contribution in [0.15, 0.2) is 91.0 Å². The molecule has 0 bridgehead atoms. The molecule has 9 heteroatoms. The molecule has 0 unspecified atom stereocenters. The third-order valence-corrected chi connectivity index (χ3v) is 6.95. The lowest BCUT2D eigenvalue weighted by Crippen LogP contribution is -2.37. The predicted octanol–water partition coefficient (Wildman–Crippen LogP) is 4.46. The number of rotatable bonds is 12. The topological polar surface area (TPSA) is 106 Å². The first-order chi connectivity index (χ1) is 18.7. The highest BCUT2D eigenvalue weighted by atomic mass is 32.1. The number of carbonyl (C=O) groups is 1. The van der Waals surface area contributed by atoms with Crippen molar-refractivity contribution >= 4 is 17.4 Å². The van der Waals surface area contributed by atoms with E-state index in [1.54, 1.807) is 0 Å². The Morgan fingerprint density at radius 2 is 1.32 bits per heavy atom. The van der Waals surface area contributed by atoms with Crippen LogP contribution in [0.1, 0.15) is 38.4 Å². The summed E-state index contributed by atoms with van der Waals surface area (Å²) in [6.07, 6.45) is -2.01. The van der Waals surface area contributed by atoms with E-state index in [1.807, 2.05) is 91.0 Å². The molecule has 1 amide bonds. The fraction of sp³-hybridized carbons (Fsp3) is 0.276. The maximum absolute atomic E-state index is 11.7. The summed E-state index contributed by atoms with van der Waals surface area (Å²) in [5.74, 6) is -0.729. The summed E-state index contributed by atoms with van der Waals surface area (Å²) in [6, 6.07) is 29.8. The van der Waals surface area contributed by atoms with Crippen molar-refractivity contribution in [2.75, 3.05) is 6.61 Å². The highest BCUT2D eigenvalue weighted by molar-refractivity contribution is 7.05. The van der Waals surface area contributed by atoms with E-state index in [9.17, 15) is 4.79 Å². The molecule has 1 fully saturated rings. The Bertz CT molecular complexity index is 1290. The lowest BCUT2D eigenvalue weighted by molar-refractivity contribution is -0.0898. The van der Waals surface area contributed by atoms with E-state index < -0.39 is 30.3 Å². The zero-order valence-corrected chi connectivity index (χ0v) is 21.5. The Morgan fingerprint density at radius 3 is 1.84 bits per heavy atom. The van der Waals surface area contributed by atoms with Crippen LogP contribution in [-0.4, -0.2) is 40.2 Å². The summed E-state index contributed by atoms with van der Waals surface area (Å²) >= 11 is 1.08. The molecular weight excluding hydrogens is 502 g/mol. The maximum atomic E-state index is 11.7. The van der Waals surface area contributed by atoms with Gasteiger partial charge in [0.2, 0.25) is 5.82 Å². The number of amides is 1. The molecule has 5 rings (SSSR count). The zero-order chi connectivity index (χ0) is 26.2. The minimum absolute atomic E-state index is 0.0408. The first kappa shape index (κ1) is 26.1. The first-order valence-electron chi connectivity index (χ1n) is 12.4. The van der Waals surface area contributed by atoms with Crippen molar-refractivity contribution in [3.8, 4) is 0 Å². The van der Waals surface area contributed by atoms with E-state index in [1.165, 1.54) is 0 Å². The van der Waals surface area contributed by atoms with Gasteiger partial charge in [-0.3, -0.25) is 4.79 Å². The lowest BCUT2D eigenvalue weighted by Gasteiger charge is -2.24. The van der Waals surface area contributed by atoms with Crippen LogP contribution in [0.25, 0.3) is 0 Å². The van der Waals surface area contributed by atoms with Crippen LogP contribution in [0.3, 0.4) is 0 Å². The van der Waals surface area contributed by atoms with Gasteiger partial charge in [-0.2, -0.15) is 4.37 Å². The van der Waals surface area contributed by atoms with Crippen LogP contribution in [0, 0.1) is 0 Å². The molecule has 4 atom stereocenters. The molecule has 4 aromatic rings. The van der Waals surface area contributed by atoms with Gasteiger partial charge in [0.1, 0.15) is 29.4 Å². The molecule has 1 saturated heterocycles. The standard InChI is InChI=1S/C29H29N3O5S/c30-27(33)28-31-29(38-32-28)26-25(36-18-22-14-8-3-9-15-22)24(35-17-21-12-6-2-7-13-21)23(37-26)19-34-16-20-10-4-1-5-11-20/h1-15,23-26H,16-19H2,(H2,30,33)/t23-,24-,25-,26-/m1/s1. The highest BCUT2D eigenvalue weighted by Gasteiger charge is 2.48. The van der Waals surface area contributed by atoms with Gasteiger partial charge >= 0.3 is 0 Å². The molecule has 196 valence electrons. The summed E-state index contributed by atoms with van der Waals surface area (Å²) in [5.41, 5.74) is 8.53. The van der Waals surface area contributed by atoms with Gasteiger partial charge in [0, 0.05) is 0 Å². The van der Waals surface area contributed by atoms with Gasteiger partial charge in [-0.15, -0.1) is 0 Å². The minimum Gasteiger partial charge on any atom is -0.374 e. The van der Waals surface area contributed by atoms with Crippen LogP contribution in [-0.2, 0) is 38.8 Å². The van der Waals surface area contributed by atoms with Gasteiger partial charge in [-0.1, -0.05) is 91.0 Å². The van der Waals surface area contributed by atoms with E-state index in [2.05, 4.69) is 9.36 Å². The average molecular weight is 532 g/mol. The Hall–Kier alpha value is -3.47. The van der Waals surface area contributed by atoms with Gasteiger partial charge in [-0.05, 0) is 28.2 Å². The number of carbonyl (C=O) groups excluding carboxylic acids is 1. The predicted molar refractivity (Wildman–Crippen MR) is 142 cm³/mol. The van der Waals surface area contributed by atoms with Crippen molar-refractivity contribution in [3.63, 3.8) is 0 Å². The zero-order valence-electron chi connectivity index (χ0n) is 20.7. The molecule has 1 aromatic heterocycles. The summed E-state index contributed by atoms with van der Waals surface area (Å²) in [6.45, 7) is 1.47. The van der Waals surface area contributed by atoms with Crippen LogP contribution in [0.5, 0.6) is 0 Å². The molecule has 3 aromatic carbocycles. The van der Waals surface area contributed by atoms with Gasteiger partial charge in [0.25, 0.3) is 5.91 Å². The van der Waals surface area contributed by atoms with E-state index in [0.717, 1.165) is 28.2 Å². The number of primary amides is 1. The molecule has 0 saturated carbocycles. The van der Waals surface area contributed by atoms with Crippen LogP contribution in [0.4, 0.5) is 0 Å². The third kappa shape index (κ3) is 6.69. The van der Waals surface area contributed by atoms with E-state index in [0.29, 0.717) is 24.8 Å². The normalized spacial score (nSPS) is 20.9. The van der Waals surface area contributed by atoms with Crippen molar-refractivity contribution in [1.82, 2.24) is 9.36 Å². The van der Waals surface area contributed by atoms with Crippen LogP contribution >= 0.6 is 11.5 Å². The molecule has 0 aliphatic carbocycles. The average Bonchev–Trinajstić information content (AvgIpc) is 3.58. The van der Waals surface area contributed by atoms with Crippen molar-refractivity contribution < 1.29 is 23.7 Å². The third-order valence-electron chi connectivity index (χ3n) is 6.18. The van der Waals surface area contributed by atoms with Gasteiger partial charge in [0.05, 0.1) is 26.4 Å². The fourth-order valence-electron chi connectivity index (χ4n) is 4.30. The molecule has 2 heterocycles. The summed E-state index contributed by atoms with van der Waals surface area (Å²) in [4.78, 5) is 16.0. The number of benzene rings is 3. The molecule has 0 radical (unpaired) electrons. The summed E-state index contributed by atoms with van der Waals surface area (Å²) in [5, 5.41) is 0.510. The van der Waals surface area contributed by atoms with Gasteiger partial charge in [0.15, 0.2) is 0 Å². The van der Waals surface area contributed by atoms with E-state index in [-0.39, 0.29) is 12.4 Å². The smallest absolute Gasteiger partial charge is 0.287 e. The number of nitrogens with zero attached hydrogens (tertiary/aromatic N) is 2. The summed E-state index contributed by atoms with van der Waals surface area (Å²) < 4.78 is 29.5. The van der Waals surface area contributed by atoms with Crippen molar-refractivity contribution in [2.24, 2.45) is 5.73 Å². The molecule has 0 spiro atoms. The Labute approximate surface area is 225 Å². The van der Waals surface area contributed by atoms with Crippen molar-refractivity contribution in [2.45, 2.75) is 44.2 Å². The Kier molecular flexibility index (Phi) is 8.85. The minimum atomic E-state index is -0.688. The number of aromatic nitrogens is 2. The molecule has 8 nitrogen and oxygen atoms in total. The van der Waals surface area contributed by atoms with Crippen molar-refractivity contribution in [1.29, 1.82) is 0 Å².